The molecule has 0 bridgehead atoms. The van der Waals surface area contributed by atoms with Crippen LogP contribution in [-0.4, -0.2) is 37.2 Å². The van der Waals surface area contributed by atoms with Gasteiger partial charge in [0.1, 0.15) is 13.2 Å². The summed E-state index contributed by atoms with van der Waals surface area (Å²) >= 11 is 0. The van der Waals surface area contributed by atoms with E-state index in [-0.39, 0.29) is 31.1 Å². The molecule has 0 aromatic carbocycles. The molecule has 0 fully saturated rings. The molecule has 0 N–H and O–H groups in total. The normalized spacial score (nSPS) is 12.5. The van der Waals surface area contributed by atoms with Gasteiger partial charge in [0, 0.05) is 19.3 Å². The molecule has 0 aromatic heterocycles. The van der Waals surface area contributed by atoms with Crippen LogP contribution in [0.25, 0.3) is 0 Å². The van der Waals surface area contributed by atoms with Crippen molar-refractivity contribution >= 4 is 17.9 Å². The predicted octanol–water partition coefficient (Wildman–Crippen LogP) is 17.6. The number of allylic oxidation sites excluding steroid dienone is 10. The number of esters is 3. The first-order chi connectivity index (χ1) is 31.0. The van der Waals surface area contributed by atoms with Crippen LogP contribution in [0.5, 0.6) is 0 Å². The van der Waals surface area contributed by atoms with Gasteiger partial charge in [0.05, 0.1) is 0 Å². The summed E-state index contributed by atoms with van der Waals surface area (Å²) in [6.07, 6.45) is 63.4. The molecular formula is C57H100O6. The molecular weight excluding hydrogens is 781 g/mol. The summed E-state index contributed by atoms with van der Waals surface area (Å²) < 4.78 is 16.8. The Hall–Kier alpha value is -2.89. The van der Waals surface area contributed by atoms with Gasteiger partial charge in [0.25, 0.3) is 0 Å². The van der Waals surface area contributed by atoms with Gasteiger partial charge in [-0.2, -0.15) is 0 Å². The Morgan fingerprint density at radius 3 is 0.921 bits per heavy atom. The zero-order valence-corrected chi connectivity index (χ0v) is 41.6. The highest BCUT2D eigenvalue weighted by Gasteiger charge is 2.19. The van der Waals surface area contributed by atoms with Crippen LogP contribution in [0.4, 0.5) is 0 Å². The zero-order chi connectivity index (χ0) is 45.8. The van der Waals surface area contributed by atoms with E-state index < -0.39 is 6.10 Å². The van der Waals surface area contributed by atoms with Crippen LogP contribution in [0.15, 0.2) is 60.8 Å². The number of unbranched alkanes of at least 4 members (excludes halogenated alkanes) is 27. The van der Waals surface area contributed by atoms with E-state index in [1.165, 1.54) is 116 Å². The molecule has 0 aromatic rings. The molecule has 6 nitrogen and oxygen atoms in total. The minimum absolute atomic E-state index is 0.0885. The van der Waals surface area contributed by atoms with Gasteiger partial charge in [-0.1, -0.05) is 197 Å². The monoisotopic (exact) mass is 881 g/mol. The maximum atomic E-state index is 12.8. The third-order valence-electron chi connectivity index (χ3n) is 11.5. The molecule has 1 atom stereocenters. The molecule has 63 heavy (non-hydrogen) atoms. The Morgan fingerprint density at radius 2 is 0.571 bits per heavy atom. The van der Waals surface area contributed by atoms with Crippen LogP contribution >= 0.6 is 0 Å². The van der Waals surface area contributed by atoms with E-state index in [1.54, 1.807) is 0 Å². The van der Waals surface area contributed by atoms with Crippen molar-refractivity contribution in [1.29, 1.82) is 0 Å². The van der Waals surface area contributed by atoms with E-state index in [0.717, 1.165) is 109 Å². The highest BCUT2D eigenvalue weighted by Crippen LogP contribution is 2.14. The lowest BCUT2D eigenvalue weighted by molar-refractivity contribution is -0.167. The van der Waals surface area contributed by atoms with Gasteiger partial charge in [0.15, 0.2) is 6.10 Å². The molecule has 364 valence electrons. The summed E-state index contributed by atoms with van der Waals surface area (Å²) in [6, 6.07) is 0. The standard InChI is InChI=1S/C57H100O6/c1-4-7-10-13-16-19-22-25-28-31-34-37-40-43-46-49-55(58)61-52-54(63-57(60)51-48-45-42-39-36-33-30-27-24-21-18-15-12-9-6-3)53-62-56(59)50-47-44-41-38-35-32-29-26-23-20-17-14-11-8-5-2/h16,18-19,21,25-30,54H,4-15,17,20,22-24,31-53H2,1-3H3/b19-16-,21-18-,28-25-,29-26-,30-27-/t54-/m0/s1. The molecule has 6 heteroatoms. The highest BCUT2D eigenvalue weighted by atomic mass is 16.6. The number of ether oxygens (including phenoxy) is 3. The minimum atomic E-state index is -0.790. The third-order valence-corrected chi connectivity index (χ3v) is 11.5. The zero-order valence-electron chi connectivity index (χ0n) is 41.6. The van der Waals surface area contributed by atoms with E-state index in [1.807, 2.05) is 0 Å². The molecule has 0 amide bonds. The molecule has 0 aliphatic heterocycles. The van der Waals surface area contributed by atoms with Crippen LogP contribution in [0, 0.1) is 0 Å². The summed E-state index contributed by atoms with van der Waals surface area (Å²) in [5, 5.41) is 0. The SMILES string of the molecule is CCCCC/C=C\C/C=C\CCCCCCCC(=O)OC[C@@H](COC(=O)CCCCCCC/C=C\CCCCCCCC)OC(=O)CCCCCCC/C=C\C/C=C\CCCCC. The second kappa shape index (κ2) is 51.7. The van der Waals surface area contributed by atoms with E-state index in [9.17, 15) is 14.4 Å². The van der Waals surface area contributed by atoms with E-state index >= 15 is 0 Å². The second-order valence-corrected chi connectivity index (χ2v) is 17.8. The van der Waals surface area contributed by atoms with Crippen LogP contribution < -0.4 is 0 Å². The van der Waals surface area contributed by atoms with Crippen LogP contribution in [0.1, 0.15) is 265 Å². The number of carbonyl (C=O) groups is 3. The minimum Gasteiger partial charge on any atom is -0.462 e. The second-order valence-electron chi connectivity index (χ2n) is 17.8. The van der Waals surface area contributed by atoms with Crippen LogP contribution in [-0.2, 0) is 28.6 Å². The predicted molar refractivity (Wildman–Crippen MR) is 270 cm³/mol. The van der Waals surface area contributed by atoms with Gasteiger partial charge >= 0.3 is 17.9 Å². The lowest BCUT2D eigenvalue weighted by Crippen LogP contribution is -2.30. The van der Waals surface area contributed by atoms with Crippen molar-refractivity contribution in [3.8, 4) is 0 Å². The quantitative estimate of drug-likeness (QED) is 0.0262. The molecule has 0 saturated carbocycles. The Morgan fingerprint density at radius 1 is 0.317 bits per heavy atom. The van der Waals surface area contributed by atoms with Gasteiger partial charge in [-0.3, -0.25) is 14.4 Å². The lowest BCUT2D eigenvalue weighted by atomic mass is 10.1. The maximum Gasteiger partial charge on any atom is 0.306 e. The van der Waals surface area contributed by atoms with E-state index in [0.29, 0.717) is 19.3 Å². The van der Waals surface area contributed by atoms with Crippen LogP contribution in [0.2, 0.25) is 0 Å². The Kier molecular flexibility index (Phi) is 49.4. The lowest BCUT2D eigenvalue weighted by Gasteiger charge is -2.18. The topological polar surface area (TPSA) is 78.9 Å². The number of hydrogen-bond donors (Lipinski definition) is 0. The van der Waals surface area contributed by atoms with Crippen LogP contribution in [0.3, 0.4) is 0 Å². The van der Waals surface area contributed by atoms with Crippen molar-refractivity contribution in [1.82, 2.24) is 0 Å². The number of hydrogen-bond acceptors (Lipinski definition) is 6. The Bertz CT molecular complexity index is 1150. The Balaban J connectivity index is 4.44. The Labute approximate surface area is 390 Å². The average molecular weight is 881 g/mol. The molecule has 0 unspecified atom stereocenters. The third kappa shape index (κ3) is 50.0. The molecule has 0 radical (unpaired) electrons. The first kappa shape index (κ1) is 60.1. The molecule has 0 rings (SSSR count). The largest absolute Gasteiger partial charge is 0.462 e. The fourth-order valence-electron chi connectivity index (χ4n) is 7.38. The van der Waals surface area contributed by atoms with Gasteiger partial charge in [0.2, 0.25) is 0 Å². The van der Waals surface area contributed by atoms with E-state index in [4.69, 9.17) is 14.2 Å². The summed E-state index contributed by atoms with van der Waals surface area (Å²) in [6.45, 7) is 6.56. The van der Waals surface area contributed by atoms with Gasteiger partial charge < -0.3 is 14.2 Å². The summed E-state index contributed by atoms with van der Waals surface area (Å²) in [5.41, 5.74) is 0. The van der Waals surface area contributed by atoms with Gasteiger partial charge in [-0.05, 0) is 109 Å². The average Bonchev–Trinajstić information content (AvgIpc) is 3.28. The molecule has 0 aliphatic carbocycles. The molecule has 0 spiro atoms. The van der Waals surface area contributed by atoms with Gasteiger partial charge in [-0.25, -0.2) is 0 Å². The smallest absolute Gasteiger partial charge is 0.306 e. The highest BCUT2D eigenvalue weighted by molar-refractivity contribution is 5.71. The van der Waals surface area contributed by atoms with Gasteiger partial charge in [-0.15, -0.1) is 0 Å². The van der Waals surface area contributed by atoms with Crippen molar-refractivity contribution in [2.45, 2.75) is 271 Å². The van der Waals surface area contributed by atoms with E-state index in [2.05, 4.69) is 81.5 Å². The maximum absolute atomic E-state index is 12.8. The summed E-state index contributed by atoms with van der Waals surface area (Å²) in [5.74, 6) is -0.919. The fraction of sp³-hybridized carbons (Fsp3) is 0.772. The first-order valence-corrected chi connectivity index (χ1v) is 26.8. The summed E-state index contributed by atoms with van der Waals surface area (Å²) in [4.78, 5) is 38.0. The van der Waals surface area contributed by atoms with Crippen molar-refractivity contribution < 1.29 is 28.6 Å². The van der Waals surface area contributed by atoms with Crippen molar-refractivity contribution in [2.75, 3.05) is 13.2 Å². The fourth-order valence-corrected chi connectivity index (χ4v) is 7.38. The summed E-state index contributed by atoms with van der Waals surface area (Å²) in [7, 11) is 0. The van der Waals surface area contributed by atoms with Crippen molar-refractivity contribution in [3.63, 3.8) is 0 Å². The molecule has 0 heterocycles. The van der Waals surface area contributed by atoms with Crippen molar-refractivity contribution in [2.24, 2.45) is 0 Å². The number of carbonyl (C=O) groups excluding carboxylic acids is 3. The molecule has 0 saturated heterocycles. The number of rotatable bonds is 48. The first-order valence-electron chi connectivity index (χ1n) is 26.8. The van der Waals surface area contributed by atoms with Crippen molar-refractivity contribution in [3.05, 3.63) is 60.8 Å². The molecule has 0 aliphatic rings.